The summed E-state index contributed by atoms with van der Waals surface area (Å²) < 4.78 is 39.0. The Morgan fingerprint density at radius 3 is 2.14 bits per heavy atom. The maximum Gasteiger partial charge on any atom is 0.251 e. The summed E-state index contributed by atoms with van der Waals surface area (Å²) in [4.78, 5) is 11.9. The van der Waals surface area contributed by atoms with E-state index in [0.29, 0.717) is 12.5 Å². The Hall–Kier alpha value is -1.52. The lowest BCUT2D eigenvalue weighted by Crippen LogP contribution is -2.31. The third kappa shape index (κ3) is 3.99. The third-order valence-corrected chi connectivity index (χ3v) is 4.34. The van der Waals surface area contributed by atoms with Gasteiger partial charge in [0.15, 0.2) is 17.5 Å². The van der Waals surface area contributed by atoms with E-state index in [1.54, 1.807) is 0 Å². The summed E-state index contributed by atoms with van der Waals surface area (Å²) in [7, 11) is 0. The highest BCUT2D eigenvalue weighted by Crippen LogP contribution is 2.30. The predicted molar refractivity (Wildman–Crippen MR) is 74.4 cm³/mol. The van der Waals surface area contributed by atoms with Gasteiger partial charge in [0.05, 0.1) is 0 Å². The van der Waals surface area contributed by atoms with E-state index in [1.165, 1.54) is 6.42 Å². The van der Waals surface area contributed by atoms with Crippen LogP contribution in [0.25, 0.3) is 0 Å². The lowest BCUT2D eigenvalue weighted by molar-refractivity contribution is 0.0940. The molecule has 1 N–H and O–H groups in total. The van der Waals surface area contributed by atoms with Crippen LogP contribution in [0.5, 0.6) is 0 Å². The maximum absolute atomic E-state index is 13.1. The highest BCUT2D eigenvalue weighted by atomic mass is 19.2. The average Bonchev–Trinajstić information content (AvgIpc) is 2.50. The third-order valence-electron chi connectivity index (χ3n) is 4.34. The fraction of sp³-hybridized carbons (Fsp3) is 0.562. The van der Waals surface area contributed by atoms with E-state index < -0.39 is 23.4 Å². The molecule has 0 saturated heterocycles. The van der Waals surface area contributed by atoms with Crippen molar-refractivity contribution >= 4 is 5.91 Å². The van der Waals surface area contributed by atoms with Gasteiger partial charge in [-0.3, -0.25) is 4.79 Å². The molecule has 2 rings (SSSR count). The van der Waals surface area contributed by atoms with E-state index in [9.17, 15) is 18.0 Å². The first-order valence-corrected chi connectivity index (χ1v) is 7.44. The first-order chi connectivity index (χ1) is 10.0. The van der Waals surface area contributed by atoms with Crippen molar-refractivity contribution in [2.24, 2.45) is 11.8 Å². The molecule has 1 aromatic rings. The van der Waals surface area contributed by atoms with Gasteiger partial charge in [0, 0.05) is 12.1 Å². The van der Waals surface area contributed by atoms with Crippen molar-refractivity contribution in [3.63, 3.8) is 0 Å². The van der Waals surface area contributed by atoms with Crippen molar-refractivity contribution in [1.29, 1.82) is 0 Å². The predicted octanol–water partition coefficient (Wildman–Crippen LogP) is 4.05. The van der Waals surface area contributed by atoms with Crippen molar-refractivity contribution in [2.75, 3.05) is 6.54 Å². The molecule has 0 aromatic heterocycles. The molecule has 21 heavy (non-hydrogen) atoms. The van der Waals surface area contributed by atoms with Gasteiger partial charge >= 0.3 is 0 Å². The summed E-state index contributed by atoms with van der Waals surface area (Å²) in [5.41, 5.74) is -0.186. The largest absolute Gasteiger partial charge is 0.352 e. The van der Waals surface area contributed by atoms with Gasteiger partial charge in [-0.05, 0) is 36.8 Å². The molecule has 5 heteroatoms. The van der Waals surface area contributed by atoms with Gasteiger partial charge in [0.25, 0.3) is 5.91 Å². The van der Waals surface area contributed by atoms with Crippen LogP contribution in [0.1, 0.15) is 49.4 Å². The number of nitrogens with one attached hydrogen (secondary N) is 1. The molecule has 0 atom stereocenters. The van der Waals surface area contributed by atoms with Crippen molar-refractivity contribution in [1.82, 2.24) is 5.32 Å². The molecule has 0 radical (unpaired) electrons. The molecule has 0 heterocycles. The number of carbonyl (C=O) groups excluding carboxylic acids is 1. The Labute approximate surface area is 122 Å². The summed E-state index contributed by atoms with van der Waals surface area (Å²) in [6.45, 7) is 2.68. The molecule has 2 nitrogen and oxygen atoms in total. The van der Waals surface area contributed by atoms with E-state index in [-0.39, 0.29) is 5.56 Å². The van der Waals surface area contributed by atoms with E-state index >= 15 is 0 Å². The Kier molecular flexibility index (Phi) is 5.26. The molecule has 1 aliphatic carbocycles. The SMILES string of the molecule is CCC1CCC(CNC(=O)c2cc(F)c(F)c(F)c2)CC1. The second-order valence-electron chi connectivity index (χ2n) is 5.76. The monoisotopic (exact) mass is 299 g/mol. The molecule has 1 aromatic carbocycles. The first-order valence-electron chi connectivity index (χ1n) is 7.44. The molecule has 1 fully saturated rings. The second kappa shape index (κ2) is 6.96. The minimum atomic E-state index is -1.55. The normalized spacial score (nSPS) is 22.1. The Bertz CT molecular complexity index is 487. The maximum atomic E-state index is 13.1. The topological polar surface area (TPSA) is 29.1 Å². The van der Waals surface area contributed by atoms with Crippen LogP contribution in [0.2, 0.25) is 0 Å². The van der Waals surface area contributed by atoms with E-state index in [4.69, 9.17) is 0 Å². The molecule has 1 aliphatic rings. The number of benzene rings is 1. The average molecular weight is 299 g/mol. The first kappa shape index (κ1) is 15.9. The summed E-state index contributed by atoms with van der Waals surface area (Å²) >= 11 is 0. The van der Waals surface area contributed by atoms with Crippen LogP contribution in [0, 0.1) is 29.3 Å². The lowest BCUT2D eigenvalue weighted by Gasteiger charge is -2.27. The Morgan fingerprint density at radius 1 is 1.10 bits per heavy atom. The standard InChI is InChI=1S/C16H20F3NO/c1-2-10-3-5-11(6-4-10)9-20-16(21)12-7-13(17)15(19)14(18)8-12/h7-8,10-11H,2-6,9H2,1H3,(H,20,21). The molecule has 0 aliphatic heterocycles. The Morgan fingerprint density at radius 2 is 1.62 bits per heavy atom. The Balaban J connectivity index is 1.88. The van der Waals surface area contributed by atoms with Gasteiger partial charge in [-0.1, -0.05) is 26.2 Å². The number of hydrogen-bond donors (Lipinski definition) is 1. The minimum absolute atomic E-state index is 0.186. The summed E-state index contributed by atoms with van der Waals surface area (Å²) in [5.74, 6) is -3.62. The van der Waals surface area contributed by atoms with Crippen LogP contribution in [0.15, 0.2) is 12.1 Å². The zero-order valence-electron chi connectivity index (χ0n) is 12.1. The zero-order valence-corrected chi connectivity index (χ0v) is 12.1. The molecule has 116 valence electrons. The summed E-state index contributed by atoms with van der Waals surface area (Å²) in [6, 6.07) is 1.45. The van der Waals surface area contributed by atoms with Gasteiger partial charge in [0.1, 0.15) is 0 Å². The van der Waals surface area contributed by atoms with E-state index in [2.05, 4.69) is 12.2 Å². The second-order valence-corrected chi connectivity index (χ2v) is 5.76. The number of halogens is 3. The highest BCUT2D eigenvalue weighted by molar-refractivity contribution is 5.94. The van der Waals surface area contributed by atoms with Crippen LogP contribution < -0.4 is 5.32 Å². The molecule has 1 saturated carbocycles. The van der Waals surface area contributed by atoms with Crippen LogP contribution in [0.4, 0.5) is 13.2 Å². The van der Waals surface area contributed by atoms with Crippen LogP contribution in [-0.2, 0) is 0 Å². The van der Waals surface area contributed by atoms with Crippen LogP contribution >= 0.6 is 0 Å². The van der Waals surface area contributed by atoms with Crippen molar-refractivity contribution in [3.8, 4) is 0 Å². The van der Waals surface area contributed by atoms with E-state index in [0.717, 1.165) is 43.7 Å². The molecule has 0 spiro atoms. The molecule has 1 amide bonds. The number of amides is 1. The number of carbonyl (C=O) groups is 1. The summed E-state index contributed by atoms with van der Waals surface area (Å²) in [6.07, 6.45) is 5.64. The van der Waals surface area contributed by atoms with Gasteiger partial charge in [-0.15, -0.1) is 0 Å². The molecular weight excluding hydrogens is 279 g/mol. The lowest BCUT2D eigenvalue weighted by atomic mass is 9.81. The van der Waals surface area contributed by atoms with Gasteiger partial charge in [-0.2, -0.15) is 0 Å². The quantitative estimate of drug-likeness (QED) is 0.835. The van der Waals surface area contributed by atoms with Crippen molar-refractivity contribution < 1.29 is 18.0 Å². The molecule has 0 unspecified atom stereocenters. The molecular formula is C16H20F3NO. The van der Waals surface area contributed by atoms with Gasteiger partial charge < -0.3 is 5.32 Å². The van der Waals surface area contributed by atoms with Crippen molar-refractivity contribution in [2.45, 2.75) is 39.0 Å². The smallest absolute Gasteiger partial charge is 0.251 e. The highest BCUT2D eigenvalue weighted by Gasteiger charge is 2.21. The minimum Gasteiger partial charge on any atom is -0.352 e. The fourth-order valence-corrected chi connectivity index (χ4v) is 2.87. The molecule has 0 bridgehead atoms. The number of rotatable bonds is 4. The van der Waals surface area contributed by atoms with Crippen molar-refractivity contribution in [3.05, 3.63) is 35.1 Å². The van der Waals surface area contributed by atoms with Gasteiger partial charge in [-0.25, -0.2) is 13.2 Å². The fourth-order valence-electron chi connectivity index (χ4n) is 2.87. The van der Waals surface area contributed by atoms with Crippen LogP contribution in [-0.4, -0.2) is 12.5 Å². The number of hydrogen-bond acceptors (Lipinski definition) is 1. The summed E-state index contributed by atoms with van der Waals surface area (Å²) in [5, 5.41) is 2.68. The van der Waals surface area contributed by atoms with Crippen LogP contribution in [0.3, 0.4) is 0 Å². The van der Waals surface area contributed by atoms with E-state index in [1.807, 2.05) is 0 Å². The van der Waals surface area contributed by atoms with Gasteiger partial charge in [0.2, 0.25) is 0 Å². The zero-order chi connectivity index (χ0) is 15.4.